The third-order valence-corrected chi connectivity index (χ3v) is 5.37. The summed E-state index contributed by atoms with van der Waals surface area (Å²) in [4.78, 5) is 37.9. The highest BCUT2D eigenvalue weighted by Crippen LogP contribution is 2.24. The molecule has 0 saturated carbocycles. The van der Waals surface area contributed by atoms with Crippen LogP contribution in [-0.2, 0) is 17.3 Å². The maximum absolute atomic E-state index is 13.0. The van der Waals surface area contributed by atoms with E-state index in [2.05, 4.69) is 10.6 Å². The second-order valence-electron chi connectivity index (χ2n) is 11.0. The minimum Gasteiger partial charge on any atom is -0.393 e. The molecule has 0 spiro atoms. The Morgan fingerprint density at radius 1 is 1.11 bits per heavy atom. The molecular weight excluding hydrogens is 444 g/mol. The van der Waals surface area contributed by atoms with Gasteiger partial charge < -0.3 is 20.9 Å². The van der Waals surface area contributed by atoms with Crippen molar-refractivity contribution < 1.29 is 9.59 Å². The molecule has 0 saturated heterocycles. The largest absolute Gasteiger partial charge is 0.393 e. The number of carbonyl (C=O) groups is 2. The fraction of sp³-hybridized carbons (Fsp3) is 0.423. The topological polar surface area (TPSA) is 135 Å². The van der Waals surface area contributed by atoms with Crippen molar-refractivity contribution in [2.45, 2.75) is 53.9 Å². The molecule has 6 N–H and O–H groups in total. The lowest BCUT2D eigenvalue weighted by Crippen LogP contribution is -2.37. The smallest absolute Gasteiger partial charge is 0.274 e. The molecule has 0 aliphatic heterocycles. The molecule has 2 amide bonds. The number of nitrogens with one attached hydrogen (secondary N) is 2. The number of nitrogens with two attached hydrogens (primary N) is 2. The molecule has 0 bridgehead atoms. The lowest BCUT2D eigenvalue weighted by molar-refractivity contribution is -0.117. The van der Waals surface area contributed by atoms with Crippen molar-refractivity contribution in [3.63, 3.8) is 0 Å². The average Bonchev–Trinajstić information content (AvgIpc) is 2.73. The summed E-state index contributed by atoms with van der Waals surface area (Å²) in [5.74, 6) is 5.27. The molecule has 2 rings (SSSR count). The predicted molar refractivity (Wildman–Crippen MR) is 141 cm³/mol. The fourth-order valence-corrected chi connectivity index (χ4v) is 3.16. The first-order chi connectivity index (χ1) is 16.0. The monoisotopic (exact) mass is 482 g/mol. The fourth-order valence-electron chi connectivity index (χ4n) is 3.16. The first-order valence-corrected chi connectivity index (χ1v) is 11.4. The van der Waals surface area contributed by atoms with Crippen molar-refractivity contribution in [1.82, 2.24) is 9.88 Å². The van der Waals surface area contributed by atoms with Crippen molar-refractivity contribution in [3.8, 4) is 0 Å². The van der Waals surface area contributed by atoms with Gasteiger partial charge in [-0.15, -0.1) is 0 Å². The quantitative estimate of drug-likeness (QED) is 0.284. The number of pyridine rings is 1. The zero-order valence-corrected chi connectivity index (χ0v) is 21.9. The van der Waals surface area contributed by atoms with Crippen molar-refractivity contribution in [3.05, 3.63) is 69.4 Å². The minimum absolute atomic E-state index is 0.0616. The van der Waals surface area contributed by atoms with E-state index >= 15 is 0 Å². The maximum Gasteiger partial charge on any atom is 0.274 e. The van der Waals surface area contributed by atoms with E-state index in [-0.39, 0.29) is 27.8 Å². The normalized spacial score (nSPS) is 12.3. The number of aryl methyl sites for hydroxylation is 2. The first kappa shape index (κ1) is 27.7. The van der Waals surface area contributed by atoms with Gasteiger partial charge in [0.15, 0.2) is 0 Å². The van der Waals surface area contributed by atoms with Gasteiger partial charge in [-0.05, 0) is 47.1 Å². The Bertz CT molecular complexity index is 1200. The summed E-state index contributed by atoms with van der Waals surface area (Å²) in [6.45, 7) is 14.4. The molecule has 35 heavy (non-hydrogen) atoms. The Kier molecular flexibility index (Phi) is 8.18. The highest BCUT2D eigenvalue weighted by Gasteiger charge is 2.19. The first-order valence-electron chi connectivity index (χ1n) is 11.4. The van der Waals surface area contributed by atoms with Crippen molar-refractivity contribution in [2.24, 2.45) is 24.0 Å². The van der Waals surface area contributed by atoms with E-state index in [1.165, 1.54) is 15.8 Å². The number of nitrogens with zero attached hydrogens (tertiary/aromatic N) is 2. The number of hydrogen-bond acceptors (Lipinski definition) is 6. The zero-order chi connectivity index (χ0) is 26.7. The lowest BCUT2D eigenvalue weighted by Gasteiger charge is -2.21. The Morgan fingerprint density at radius 2 is 1.74 bits per heavy atom. The molecular formula is C26H38N6O3. The molecule has 9 heteroatoms. The number of amides is 2. The molecule has 1 aromatic carbocycles. The second-order valence-corrected chi connectivity index (χ2v) is 11.0. The van der Waals surface area contributed by atoms with Crippen molar-refractivity contribution in [1.29, 1.82) is 0 Å². The van der Waals surface area contributed by atoms with Gasteiger partial charge in [0.2, 0.25) is 0 Å². The standard InChI is InChI=1S/C26H38N6O3/c1-16-9-10-17(11-21(16)32(28)14-19(27)23(34)29-15-25(2,3)4)22(33)30-20-12-18(26(5,6)7)13-31(8)24(20)35/h9-14H,15,27-28H2,1-8H3,(H,29,34)(H,30,33)/b19-14-. The molecule has 0 unspecified atom stereocenters. The molecule has 1 aromatic heterocycles. The Morgan fingerprint density at radius 3 is 2.31 bits per heavy atom. The second kappa shape index (κ2) is 10.4. The van der Waals surface area contributed by atoms with E-state index in [4.69, 9.17) is 11.6 Å². The van der Waals surface area contributed by atoms with Gasteiger partial charge in [0.1, 0.15) is 11.4 Å². The maximum atomic E-state index is 13.0. The van der Waals surface area contributed by atoms with E-state index in [0.717, 1.165) is 11.1 Å². The van der Waals surface area contributed by atoms with Gasteiger partial charge >= 0.3 is 0 Å². The third-order valence-electron chi connectivity index (χ3n) is 5.37. The Balaban J connectivity index is 2.29. The summed E-state index contributed by atoms with van der Waals surface area (Å²) in [5.41, 5.74) is 7.93. The third kappa shape index (κ3) is 7.45. The van der Waals surface area contributed by atoms with E-state index in [1.807, 2.05) is 48.5 Å². The van der Waals surface area contributed by atoms with Crippen LogP contribution in [-0.4, -0.2) is 22.9 Å². The van der Waals surface area contributed by atoms with Gasteiger partial charge in [-0.25, -0.2) is 5.84 Å². The number of aromatic nitrogens is 1. The zero-order valence-electron chi connectivity index (χ0n) is 21.9. The summed E-state index contributed by atoms with van der Waals surface area (Å²) in [6.07, 6.45) is 3.08. The molecule has 0 aliphatic carbocycles. The van der Waals surface area contributed by atoms with Crippen LogP contribution >= 0.6 is 0 Å². The van der Waals surface area contributed by atoms with Crippen LogP contribution in [0.2, 0.25) is 0 Å². The molecule has 2 aromatic rings. The minimum atomic E-state index is -0.456. The van der Waals surface area contributed by atoms with Crippen LogP contribution in [0.4, 0.5) is 11.4 Å². The summed E-state index contributed by atoms with van der Waals surface area (Å²) >= 11 is 0. The lowest BCUT2D eigenvalue weighted by atomic mass is 9.88. The number of hydrogen-bond donors (Lipinski definition) is 4. The van der Waals surface area contributed by atoms with Gasteiger partial charge in [-0.1, -0.05) is 47.6 Å². The Hall–Kier alpha value is -3.59. The molecule has 1 heterocycles. The summed E-state index contributed by atoms with van der Waals surface area (Å²) in [5, 5.41) is 6.69. The van der Waals surface area contributed by atoms with Gasteiger partial charge in [0, 0.05) is 31.6 Å². The Labute approximate surface area is 207 Å². The predicted octanol–water partition coefficient (Wildman–Crippen LogP) is 2.89. The van der Waals surface area contributed by atoms with Crippen molar-refractivity contribution >= 4 is 23.2 Å². The number of carbonyl (C=O) groups excluding carboxylic acids is 2. The van der Waals surface area contributed by atoms with Gasteiger partial charge in [0.05, 0.1) is 5.69 Å². The summed E-state index contributed by atoms with van der Waals surface area (Å²) in [6, 6.07) is 6.66. The van der Waals surface area contributed by atoms with E-state index in [0.29, 0.717) is 17.8 Å². The van der Waals surface area contributed by atoms with Crippen LogP contribution in [0.15, 0.2) is 47.2 Å². The average molecular weight is 483 g/mol. The van der Waals surface area contributed by atoms with Crippen LogP contribution in [0.25, 0.3) is 0 Å². The van der Waals surface area contributed by atoms with Gasteiger partial charge in [-0.3, -0.25) is 19.4 Å². The number of benzene rings is 1. The molecule has 190 valence electrons. The van der Waals surface area contributed by atoms with Gasteiger partial charge in [0.25, 0.3) is 17.4 Å². The van der Waals surface area contributed by atoms with Crippen LogP contribution in [0.3, 0.4) is 0 Å². The van der Waals surface area contributed by atoms with Gasteiger partial charge in [-0.2, -0.15) is 0 Å². The molecule has 0 radical (unpaired) electrons. The van der Waals surface area contributed by atoms with E-state index in [9.17, 15) is 14.4 Å². The SMILES string of the molecule is Cc1ccc(C(=O)Nc2cc(C(C)(C)C)cn(C)c2=O)cc1N(N)/C=C(\N)C(=O)NCC(C)(C)C. The van der Waals surface area contributed by atoms with Crippen LogP contribution in [0.5, 0.6) is 0 Å². The molecule has 0 aliphatic rings. The van der Waals surface area contributed by atoms with E-state index < -0.39 is 11.8 Å². The van der Waals surface area contributed by atoms with E-state index in [1.54, 1.807) is 37.5 Å². The summed E-state index contributed by atoms with van der Waals surface area (Å²) < 4.78 is 1.46. The highest BCUT2D eigenvalue weighted by atomic mass is 16.2. The highest BCUT2D eigenvalue weighted by molar-refractivity contribution is 6.05. The van der Waals surface area contributed by atoms with Crippen LogP contribution in [0.1, 0.15) is 63.0 Å². The van der Waals surface area contributed by atoms with Crippen LogP contribution < -0.4 is 32.8 Å². The number of anilines is 2. The van der Waals surface area contributed by atoms with Crippen molar-refractivity contribution in [2.75, 3.05) is 16.9 Å². The number of hydrazine groups is 1. The molecule has 0 atom stereocenters. The molecule has 0 fully saturated rings. The summed E-state index contributed by atoms with van der Waals surface area (Å²) in [7, 11) is 1.65. The number of rotatable bonds is 6. The van der Waals surface area contributed by atoms with Crippen LogP contribution in [0, 0.1) is 12.3 Å². The molecule has 9 nitrogen and oxygen atoms in total.